The number of nitrogens with two attached hydrogens (primary N) is 1. The number of nitro groups is 1. The molecule has 5 nitrogen and oxygen atoms in total. The maximum absolute atomic E-state index is 10.5. The molecule has 2 rings (SSSR count). The van der Waals surface area contributed by atoms with Gasteiger partial charge in [0.1, 0.15) is 5.02 Å². The number of aromatic nitrogens is 1. The molecule has 0 unspecified atom stereocenters. The molecule has 14 heavy (non-hydrogen) atoms. The Balaban J connectivity index is 2.76. The normalized spacial score (nSPS) is 10.6. The standard InChI is InChI=1S/C7H4ClN3O2S/c8-3-1-4-6(14-7(9)10-4)2-5(3)11(12)13/h1-2H,(H2,9,10). The Labute approximate surface area is 87.3 Å². The van der Waals surface area contributed by atoms with Gasteiger partial charge in [-0.1, -0.05) is 22.9 Å². The average Bonchev–Trinajstić information content (AvgIpc) is 2.42. The first-order valence-electron chi connectivity index (χ1n) is 3.58. The molecule has 0 spiro atoms. The number of fused-ring (bicyclic) bond motifs is 1. The van der Waals surface area contributed by atoms with Gasteiger partial charge in [0.25, 0.3) is 5.69 Å². The van der Waals surface area contributed by atoms with Crippen LogP contribution in [-0.2, 0) is 0 Å². The van der Waals surface area contributed by atoms with Crippen LogP contribution in [0.5, 0.6) is 0 Å². The molecule has 0 radical (unpaired) electrons. The first-order chi connectivity index (χ1) is 6.58. The van der Waals surface area contributed by atoms with Crippen molar-refractivity contribution in [1.29, 1.82) is 0 Å². The molecule has 1 aromatic carbocycles. The van der Waals surface area contributed by atoms with Gasteiger partial charge in [-0.05, 0) is 6.07 Å². The van der Waals surface area contributed by atoms with Crippen LogP contribution in [0.2, 0.25) is 5.02 Å². The first kappa shape index (κ1) is 9.17. The van der Waals surface area contributed by atoms with E-state index in [0.29, 0.717) is 15.3 Å². The van der Waals surface area contributed by atoms with Gasteiger partial charge in [-0.3, -0.25) is 10.1 Å². The highest BCUT2D eigenvalue weighted by molar-refractivity contribution is 7.22. The van der Waals surface area contributed by atoms with Gasteiger partial charge in [0, 0.05) is 6.07 Å². The summed E-state index contributed by atoms with van der Waals surface area (Å²) in [4.78, 5) is 14.0. The van der Waals surface area contributed by atoms with Gasteiger partial charge < -0.3 is 5.73 Å². The summed E-state index contributed by atoms with van der Waals surface area (Å²) in [6, 6.07) is 2.83. The summed E-state index contributed by atoms with van der Waals surface area (Å²) >= 11 is 6.89. The number of benzene rings is 1. The fourth-order valence-corrected chi connectivity index (χ4v) is 2.07. The van der Waals surface area contributed by atoms with Crippen molar-refractivity contribution in [3.05, 3.63) is 27.3 Å². The van der Waals surface area contributed by atoms with Crippen LogP contribution in [0, 0.1) is 10.1 Å². The Morgan fingerprint density at radius 1 is 1.57 bits per heavy atom. The summed E-state index contributed by atoms with van der Waals surface area (Å²) in [5.41, 5.74) is 5.93. The number of thiazole rings is 1. The Morgan fingerprint density at radius 2 is 2.29 bits per heavy atom. The molecule has 0 saturated carbocycles. The molecule has 1 heterocycles. The summed E-state index contributed by atoms with van der Waals surface area (Å²) in [5.74, 6) is 0. The number of hydrogen-bond donors (Lipinski definition) is 1. The number of anilines is 1. The summed E-state index contributed by atoms with van der Waals surface area (Å²) in [6.45, 7) is 0. The fraction of sp³-hybridized carbons (Fsp3) is 0. The number of nitrogen functional groups attached to an aromatic ring is 1. The van der Waals surface area contributed by atoms with E-state index >= 15 is 0 Å². The molecule has 0 fully saturated rings. The molecular weight excluding hydrogens is 226 g/mol. The summed E-state index contributed by atoms with van der Waals surface area (Å²) in [7, 11) is 0. The van der Waals surface area contributed by atoms with Crippen LogP contribution in [0.4, 0.5) is 10.8 Å². The lowest BCUT2D eigenvalue weighted by molar-refractivity contribution is -0.384. The Kier molecular flexibility index (Phi) is 2.01. The zero-order valence-corrected chi connectivity index (χ0v) is 8.30. The van der Waals surface area contributed by atoms with Crippen LogP contribution in [0.15, 0.2) is 12.1 Å². The van der Waals surface area contributed by atoms with Crippen molar-refractivity contribution < 1.29 is 4.92 Å². The maximum atomic E-state index is 10.5. The largest absolute Gasteiger partial charge is 0.375 e. The van der Waals surface area contributed by atoms with Gasteiger partial charge in [0.15, 0.2) is 5.13 Å². The van der Waals surface area contributed by atoms with Crippen molar-refractivity contribution >= 4 is 44.0 Å². The molecule has 0 bridgehead atoms. The van der Waals surface area contributed by atoms with Crippen molar-refractivity contribution in [1.82, 2.24) is 4.98 Å². The van der Waals surface area contributed by atoms with Crippen LogP contribution < -0.4 is 5.73 Å². The van der Waals surface area contributed by atoms with Crippen molar-refractivity contribution in [3.63, 3.8) is 0 Å². The highest BCUT2D eigenvalue weighted by Gasteiger charge is 2.15. The second-order valence-corrected chi connectivity index (χ2v) is 4.05. The van der Waals surface area contributed by atoms with Crippen LogP contribution >= 0.6 is 22.9 Å². The van der Waals surface area contributed by atoms with Gasteiger partial charge in [-0.25, -0.2) is 4.98 Å². The van der Waals surface area contributed by atoms with E-state index in [1.54, 1.807) is 0 Å². The molecule has 0 aliphatic rings. The highest BCUT2D eigenvalue weighted by atomic mass is 35.5. The van der Waals surface area contributed by atoms with Gasteiger partial charge in [0.2, 0.25) is 0 Å². The second-order valence-electron chi connectivity index (χ2n) is 2.58. The van der Waals surface area contributed by atoms with Crippen LogP contribution in [0.25, 0.3) is 10.2 Å². The topological polar surface area (TPSA) is 82.0 Å². The SMILES string of the molecule is Nc1nc2cc(Cl)c([N+](=O)[O-])cc2s1. The zero-order chi connectivity index (χ0) is 10.3. The van der Waals surface area contributed by atoms with Crippen molar-refractivity contribution in [2.75, 3.05) is 5.73 Å². The molecule has 0 amide bonds. The minimum absolute atomic E-state index is 0.0767. The fourth-order valence-electron chi connectivity index (χ4n) is 1.10. The van der Waals surface area contributed by atoms with E-state index in [2.05, 4.69) is 4.98 Å². The van der Waals surface area contributed by atoms with Crippen molar-refractivity contribution in [3.8, 4) is 0 Å². The molecule has 0 atom stereocenters. The monoisotopic (exact) mass is 229 g/mol. The van der Waals surface area contributed by atoms with Crippen LogP contribution in [0.1, 0.15) is 0 Å². The first-order valence-corrected chi connectivity index (χ1v) is 4.77. The van der Waals surface area contributed by atoms with E-state index in [0.717, 1.165) is 0 Å². The predicted octanol–water partition coefficient (Wildman–Crippen LogP) is 2.44. The number of nitrogens with zero attached hydrogens (tertiary/aromatic N) is 2. The van der Waals surface area contributed by atoms with E-state index in [4.69, 9.17) is 17.3 Å². The number of nitro benzene ring substituents is 1. The van der Waals surface area contributed by atoms with E-state index in [1.165, 1.54) is 23.5 Å². The average molecular weight is 230 g/mol. The Hall–Kier alpha value is -1.40. The number of halogens is 1. The Morgan fingerprint density at radius 3 is 2.93 bits per heavy atom. The third-order valence-electron chi connectivity index (χ3n) is 1.67. The predicted molar refractivity (Wildman–Crippen MR) is 55.7 cm³/mol. The van der Waals surface area contributed by atoms with E-state index in [9.17, 15) is 10.1 Å². The van der Waals surface area contributed by atoms with Gasteiger partial charge >= 0.3 is 0 Å². The summed E-state index contributed by atoms with van der Waals surface area (Å²) in [6.07, 6.45) is 0. The smallest absolute Gasteiger partial charge is 0.289 e. The van der Waals surface area contributed by atoms with E-state index < -0.39 is 4.92 Å². The molecule has 72 valence electrons. The molecule has 2 N–H and O–H groups in total. The third-order valence-corrected chi connectivity index (χ3v) is 2.82. The number of rotatable bonds is 1. The third kappa shape index (κ3) is 1.38. The summed E-state index contributed by atoms with van der Waals surface area (Å²) < 4.78 is 0.665. The van der Waals surface area contributed by atoms with E-state index in [-0.39, 0.29) is 10.7 Å². The minimum atomic E-state index is -0.530. The molecule has 0 aliphatic carbocycles. The second kappa shape index (κ2) is 3.07. The van der Waals surface area contributed by atoms with Crippen molar-refractivity contribution in [2.45, 2.75) is 0 Å². The molecule has 0 aliphatic heterocycles. The lowest BCUT2D eigenvalue weighted by Crippen LogP contribution is -1.88. The molecule has 1 aromatic heterocycles. The zero-order valence-electron chi connectivity index (χ0n) is 6.73. The lowest BCUT2D eigenvalue weighted by atomic mass is 10.3. The molecular formula is C7H4ClN3O2S. The highest BCUT2D eigenvalue weighted by Crippen LogP contribution is 2.33. The van der Waals surface area contributed by atoms with Gasteiger partial charge in [0.05, 0.1) is 15.1 Å². The Bertz CT molecular complexity index is 525. The summed E-state index contributed by atoms with van der Waals surface area (Å²) in [5, 5.41) is 11.0. The van der Waals surface area contributed by atoms with Crippen molar-refractivity contribution in [2.24, 2.45) is 0 Å². The van der Waals surface area contributed by atoms with Crippen LogP contribution in [-0.4, -0.2) is 9.91 Å². The minimum Gasteiger partial charge on any atom is -0.375 e. The molecule has 2 aromatic rings. The lowest BCUT2D eigenvalue weighted by Gasteiger charge is -1.93. The van der Waals surface area contributed by atoms with Gasteiger partial charge in [-0.15, -0.1) is 0 Å². The van der Waals surface area contributed by atoms with Gasteiger partial charge in [-0.2, -0.15) is 0 Å². The number of hydrogen-bond acceptors (Lipinski definition) is 5. The maximum Gasteiger partial charge on any atom is 0.289 e. The quantitative estimate of drug-likeness (QED) is 0.601. The molecule has 0 saturated heterocycles. The molecule has 7 heteroatoms. The van der Waals surface area contributed by atoms with Crippen LogP contribution in [0.3, 0.4) is 0 Å². The van der Waals surface area contributed by atoms with E-state index in [1.807, 2.05) is 0 Å².